The van der Waals surface area contributed by atoms with Crippen molar-refractivity contribution in [2.75, 3.05) is 4.90 Å². The van der Waals surface area contributed by atoms with Gasteiger partial charge in [0.1, 0.15) is 11.2 Å². The average Bonchev–Trinajstić information content (AvgIpc) is 3.90. The molecule has 8 aromatic rings. The number of fused-ring (bicyclic) bond motifs is 9. The van der Waals surface area contributed by atoms with E-state index in [-0.39, 0.29) is 16.2 Å². The van der Waals surface area contributed by atoms with Crippen LogP contribution < -0.4 is 4.90 Å². The van der Waals surface area contributed by atoms with Crippen LogP contribution in [0.3, 0.4) is 0 Å². The lowest BCUT2D eigenvalue weighted by atomic mass is 9.79. The Balaban J connectivity index is 0.949. The van der Waals surface area contributed by atoms with Crippen LogP contribution in [0.5, 0.6) is 0 Å². The number of rotatable bonds is 6. The van der Waals surface area contributed by atoms with Gasteiger partial charge in [0.25, 0.3) is 0 Å². The molecule has 1 heterocycles. The van der Waals surface area contributed by atoms with Gasteiger partial charge in [-0.25, -0.2) is 0 Å². The summed E-state index contributed by atoms with van der Waals surface area (Å²) in [5.41, 5.74) is 23.3. The largest absolute Gasteiger partial charge is 0.456 e. The minimum absolute atomic E-state index is 0.0864. The van der Waals surface area contributed by atoms with Gasteiger partial charge in [-0.2, -0.15) is 0 Å². The third kappa shape index (κ3) is 6.64. The normalized spacial score (nSPS) is 17.7. The Morgan fingerprint density at radius 1 is 0.470 bits per heavy atom. The summed E-state index contributed by atoms with van der Waals surface area (Å²) in [5, 5.41) is 2.58. The molecule has 2 fully saturated rings. The number of hydrogen-bond donors (Lipinski definition) is 0. The second-order valence-electron chi connectivity index (χ2n) is 22.6. The summed E-state index contributed by atoms with van der Waals surface area (Å²) in [6.45, 7) is 16.5. The van der Waals surface area contributed by atoms with Gasteiger partial charge in [-0.05, 0) is 170 Å². The molecule has 12 rings (SSSR count). The summed E-state index contributed by atoms with van der Waals surface area (Å²) in [7, 11) is 0. The Morgan fingerprint density at radius 3 is 1.67 bits per heavy atom. The van der Waals surface area contributed by atoms with Gasteiger partial charge in [-0.1, -0.05) is 166 Å². The molecule has 0 spiro atoms. The maximum atomic E-state index is 6.99. The maximum absolute atomic E-state index is 6.99. The highest BCUT2D eigenvalue weighted by molar-refractivity contribution is 6.07. The third-order valence-corrected chi connectivity index (χ3v) is 16.8. The second-order valence-corrected chi connectivity index (χ2v) is 22.6. The van der Waals surface area contributed by atoms with Gasteiger partial charge in [0.05, 0.1) is 0 Å². The molecule has 0 N–H and O–H groups in total. The summed E-state index contributed by atoms with van der Waals surface area (Å²) in [4.78, 5) is 2.49. The topological polar surface area (TPSA) is 16.4 Å². The fourth-order valence-corrected chi connectivity index (χ4v) is 12.9. The number of nitrogens with zero attached hydrogens (tertiary/aromatic N) is 1. The van der Waals surface area contributed by atoms with Crippen LogP contribution in [0, 0.1) is 0 Å². The number of benzene rings is 7. The average molecular weight is 864 g/mol. The molecule has 2 saturated carbocycles. The van der Waals surface area contributed by atoms with E-state index in [1.165, 1.54) is 153 Å². The van der Waals surface area contributed by atoms with Crippen molar-refractivity contribution < 1.29 is 4.42 Å². The fraction of sp³-hybridized carbons (Fsp3) is 0.344. The lowest BCUT2D eigenvalue weighted by Gasteiger charge is -2.30. The third-order valence-electron chi connectivity index (χ3n) is 16.8. The van der Waals surface area contributed by atoms with E-state index in [2.05, 4.69) is 187 Å². The lowest BCUT2D eigenvalue weighted by Crippen LogP contribution is -2.19. The van der Waals surface area contributed by atoms with Crippen molar-refractivity contribution >= 4 is 39.0 Å². The zero-order valence-electron chi connectivity index (χ0n) is 40.3. The molecule has 332 valence electrons. The summed E-state index contributed by atoms with van der Waals surface area (Å²) in [5.74, 6) is 1.27. The summed E-state index contributed by atoms with van der Waals surface area (Å²) >= 11 is 0. The van der Waals surface area contributed by atoms with Crippen LogP contribution in [0.25, 0.3) is 55.3 Å². The van der Waals surface area contributed by atoms with Crippen molar-refractivity contribution in [3.63, 3.8) is 0 Å². The van der Waals surface area contributed by atoms with E-state index in [4.69, 9.17) is 4.42 Å². The highest BCUT2D eigenvalue weighted by Gasteiger charge is 2.38. The number of furan rings is 1. The van der Waals surface area contributed by atoms with E-state index in [0.29, 0.717) is 11.8 Å². The molecular weight excluding hydrogens is 799 g/mol. The first-order valence-electron chi connectivity index (χ1n) is 25.3. The molecule has 4 aliphatic rings. The Hall–Kier alpha value is -5.86. The molecule has 2 heteroatoms. The molecule has 4 aliphatic carbocycles. The Morgan fingerprint density at radius 2 is 1.02 bits per heavy atom. The van der Waals surface area contributed by atoms with Gasteiger partial charge in [-0.3, -0.25) is 0 Å². The van der Waals surface area contributed by atoms with Crippen molar-refractivity contribution in [2.24, 2.45) is 0 Å². The molecule has 0 aliphatic heterocycles. The Bertz CT molecular complexity index is 3190. The van der Waals surface area contributed by atoms with Crippen LogP contribution in [0.4, 0.5) is 17.1 Å². The van der Waals surface area contributed by atoms with Crippen molar-refractivity contribution in [3.05, 3.63) is 172 Å². The quantitative estimate of drug-likeness (QED) is 0.166. The van der Waals surface area contributed by atoms with Gasteiger partial charge in [-0.15, -0.1) is 0 Å². The highest BCUT2D eigenvalue weighted by Crippen LogP contribution is 2.54. The fourth-order valence-electron chi connectivity index (χ4n) is 12.9. The number of hydrogen-bond acceptors (Lipinski definition) is 2. The van der Waals surface area contributed by atoms with Crippen molar-refractivity contribution in [1.82, 2.24) is 0 Å². The molecule has 0 saturated heterocycles. The van der Waals surface area contributed by atoms with Crippen LogP contribution in [-0.2, 0) is 16.2 Å². The number of anilines is 3. The zero-order chi connectivity index (χ0) is 45.1. The van der Waals surface area contributed by atoms with E-state index in [0.717, 1.165) is 16.9 Å². The summed E-state index contributed by atoms with van der Waals surface area (Å²) < 4.78 is 6.99. The molecule has 0 unspecified atom stereocenters. The predicted molar refractivity (Wildman–Crippen MR) is 279 cm³/mol. The Labute approximate surface area is 393 Å². The minimum atomic E-state index is -0.136. The Kier molecular flexibility index (Phi) is 9.66. The van der Waals surface area contributed by atoms with Gasteiger partial charge >= 0.3 is 0 Å². The second kappa shape index (κ2) is 15.3. The van der Waals surface area contributed by atoms with Crippen molar-refractivity contribution in [3.8, 4) is 33.4 Å². The van der Waals surface area contributed by atoms with E-state index in [9.17, 15) is 0 Å². The standard InChI is InChI=1S/C64H65NO/c1-62(2,3)45-25-31-50-52-33-29-48(39-59(52)64(6,7)57(50)37-45)65(47-28-32-51-49-20-14-15-21-56(49)63(4,5)58(51)38-47)46-26-22-41(23-27-46)43-24-30-53-55-35-44(40-16-10-8-11-17-40)34-54(42-18-12-9-13-19-42)61(55)66-60(53)36-43/h14-15,20-40,42H,8-13,16-19H2,1-7H3. The highest BCUT2D eigenvalue weighted by atomic mass is 16.3. The predicted octanol–water partition coefficient (Wildman–Crippen LogP) is 18.7. The monoisotopic (exact) mass is 864 g/mol. The smallest absolute Gasteiger partial charge is 0.138 e. The molecule has 1 aromatic heterocycles. The van der Waals surface area contributed by atoms with E-state index < -0.39 is 0 Å². The maximum Gasteiger partial charge on any atom is 0.138 e. The van der Waals surface area contributed by atoms with Crippen LogP contribution in [-0.4, -0.2) is 0 Å². The van der Waals surface area contributed by atoms with Crippen LogP contribution in [0.1, 0.15) is 163 Å². The molecule has 7 aromatic carbocycles. The van der Waals surface area contributed by atoms with E-state index >= 15 is 0 Å². The molecule has 0 atom stereocenters. The van der Waals surface area contributed by atoms with Crippen molar-refractivity contribution in [1.29, 1.82) is 0 Å². The molecule has 66 heavy (non-hydrogen) atoms. The van der Waals surface area contributed by atoms with E-state index in [1.807, 2.05) is 0 Å². The minimum Gasteiger partial charge on any atom is -0.456 e. The zero-order valence-corrected chi connectivity index (χ0v) is 40.3. The van der Waals surface area contributed by atoms with Gasteiger partial charge in [0.2, 0.25) is 0 Å². The molecule has 0 radical (unpaired) electrons. The van der Waals surface area contributed by atoms with Gasteiger partial charge < -0.3 is 9.32 Å². The first kappa shape index (κ1) is 41.6. The summed E-state index contributed by atoms with van der Waals surface area (Å²) in [6, 6.07) is 51.8. The lowest BCUT2D eigenvalue weighted by molar-refractivity contribution is 0.435. The van der Waals surface area contributed by atoms with Crippen LogP contribution in [0.15, 0.2) is 138 Å². The van der Waals surface area contributed by atoms with E-state index in [1.54, 1.807) is 5.56 Å². The van der Waals surface area contributed by atoms with Crippen LogP contribution >= 0.6 is 0 Å². The van der Waals surface area contributed by atoms with Crippen molar-refractivity contribution in [2.45, 2.75) is 141 Å². The SMILES string of the molecule is CC(C)(C)c1ccc2c(c1)C(C)(C)c1cc(N(c3ccc(-c4ccc5c(c4)oc4c(C6CCCCC6)cc(C6CCCCC6)cc45)cc3)c3ccc4c(c3)C(C)(C)c3ccccc3-4)ccc1-2. The summed E-state index contributed by atoms with van der Waals surface area (Å²) in [6.07, 6.45) is 13.3. The molecule has 0 bridgehead atoms. The van der Waals surface area contributed by atoms with Crippen LogP contribution in [0.2, 0.25) is 0 Å². The first-order valence-corrected chi connectivity index (χ1v) is 25.3. The van der Waals surface area contributed by atoms with Gasteiger partial charge in [0, 0.05) is 38.7 Å². The molecule has 0 amide bonds. The van der Waals surface area contributed by atoms with Gasteiger partial charge in [0.15, 0.2) is 0 Å². The molecular formula is C64H65NO. The molecule has 2 nitrogen and oxygen atoms in total. The first-order chi connectivity index (χ1) is 31.8.